The molecule has 4 heteroatoms. The summed E-state index contributed by atoms with van der Waals surface area (Å²) in [5.74, 6) is -0.272. The first-order valence-electron chi connectivity index (χ1n) is 5.30. The van der Waals surface area contributed by atoms with Crippen LogP contribution in [0.2, 0.25) is 0 Å². The number of amides is 1. The lowest BCUT2D eigenvalue weighted by Gasteiger charge is -2.07. The van der Waals surface area contributed by atoms with Crippen LogP contribution in [0.15, 0.2) is 18.2 Å². The molecule has 0 saturated heterocycles. The van der Waals surface area contributed by atoms with Crippen LogP contribution in [0.5, 0.6) is 5.75 Å². The van der Waals surface area contributed by atoms with Crippen LogP contribution in [-0.4, -0.2) is 30.8 Å². The summed E-state index contributed by atoms with van der Waals surface area (Å²) in [4.78, 5) is 11.6. The van der Waals surface area contributed by atoms with Gasteiger partial charge in [0.15, 0.2) is 0 Å². The number of ether oxygens (including phenoxy) is 1. The lowest BCUT2D eigenvalue weighted by molar-refractivity contribution is 0.0920. The van der Waals surface area contributed by atoms with E-state index in [-0.39, 0.29) is 11.7 Å². The van der Waals surface area contributed by atoms with Crippen molar-refractivity contribution in [3.8, 4) is 5.75 Å². The van der Waals surface area contributed by atoms with Crippen molar-refractivity contribution >= 4 is 5.91 Å². The molecule has 0 aliphatic carbocycles. The molecular weight excluding hydrogens is 206 g/mol. The Morgan fingerprint density at radius 3 is 2.88 bits per heavy atom. The topological polar surface area (TPSA) is 58.6 Å². The molecule has 1 amide bonds. The predicted octanol–water partition coefficient (Wildman–Crippen LogP) is 1.47. The normalized spacial score (nSPS) is 10.1. The highest BCUT2D eigenvalue weighted by atomic mass is 16.5. The minimum Gasteiger partial charge on any atom is -0.507 e. The number of benzene rings is 1. The molecule has 0 radical (unpaired) electrons. The van der Waals surface area contributed by atoms with Crippen molar-refractivity contribution in [2.75, 3.05) is 19.8 Å². The van der Waals surface area contributed by atoms with Gasteiger partial charge in [0.2, 0.25) is 0 Å². The third kappa shape index (κ3) is 3.55. The smallest absolute Gasteiger partial charge is 0.255 e. The number of hydrogen-bond donors (Lipinski definition) is 2. The number of aryl methyl sites for hydroxylation is 1. The zero-order valence-electron chi connectivity index (χ0n) is 9.62. The summed E-state index contributed by atoms with van der Waals surface area (Å²) in [5.41, 5.74) is 1.21. The molecule has 2 N–H and O–H groups in total. The van der Waals surface area contributed by atoms with E-state index in [0.29, 0.717) is 25.3 Å². The van der Waals surface area contributed by atoms with Crippen molar-refractivity contribution < 1.29 is 14.6 Å². The van der Waals surface area contributed by atoms with Crippen LogP contribution < -0.4 is 5.32 Å². The summed E-state index contributed by atoms with van der Waals surface area (Å²) in [5, 5.41) is 12.2. The predicted molar refractivity (Wildman–Crippen MR) is 61.7 cm³/mol. The Morgan fingerprint density at radius 2 is 2.25 bits per heavy atom. The number of nitrogens with one attached hydrogen (secondary N) is 1. The van der Waals surface area contributed by atoms with Gasteiger partial charge in [0.1, 0.15) is 5.75 Å². The van der Waals surface area contributed by atoms with Crippen LogP contribution in [0.3, 0.4) is 0 Å². The maximum Gasteiger partial charge on any atom is 0.255 e. The zero-order chi connectivity index (χ0) is 12.0. The van der Waals surface area contributed by atoms with Crippen LogP contribution >= 0.6 is 0 Å². The first-order valence-corrected chi connectivity index (χ1v) is 5.30. The highest BCUT2D eigenvalue weighted by Crippen LogP contribution is 2.17. The van der Waals surface area contributed by atoms with E-state index in [1.165, 1.54) is 0 Å². The highest BCUT2D eigenvalue weighted by molar-refractivity contribution is 5.96. The Balaban J connectivity index is 2.53. The molecule has 1 rings (SSSR count). The minimum atomic E-state index is -0.280. The Labute approximate surface area is 95.2 Å². The van der Waals surface area contributed by atoms with Crippen molar-refractivity contribution in [1.29, 1.82) is 0 Å². The minimum absolute atomic E-state index is 0.00825. The summed E-state index contributed by atoms with van der Waals surface area (Å²) in [6, 6.07) is 4.97. The first-order chi connectivity index (χ1) is 7.65. The van der Waals surface area contributed by atoms with Gasteiger partial charge in [0, 0.05) is 13.2 Å². The van der Waals surface area contributed by atoms with Crippen molar-refractivity contribution in [1.82, 2.24) is 5.32 Å². The quantitative estimate of drug-likeness (QED) is 0.743. The van der Waals surface area contributed by atoms with Gasteiger partial charge in [-0.25, -0.2) is 0 Å². The van der Waals surface area contributed by atoms with Crippen molar-refractivity contribution in [2.24, 2.45) is 0 Å². The fourth-order valence-electron chi connectivity index (χ4n) is 1.31. The third-order valence-electron chi connectivity index (χ3n) is 2.13. The lowest BCUT2D eigenvalue weighted by Crippen LogP contribution is -2.27. The van der Waals surface area contributed by atoms with Gasteiger partial charge in [-0.15, -0.1) is 0 Å². The van der Waals surface area contributed by atoms with Gasteiger partial charge in [0.05, 0.1) is 12.2 Å². The average Bonchev–Trinajstić information content (AvgIpc) is 2.24. The standard InChI is InChI=1S/C12H17NO3/c1-3-16-7-6-13-12(15)10-5-4-9(2)8-11(10)14/h4-5,8,14H,3,6-7H2,1-2H3,(H,13,15). The summed E-state index contributed by atoms with van der Waals surface area (Å²) in [7, 11) is 0. The molecule has 88 valence electrons. The van der Waals surface area contributed by atoms with E-state index in [0.717, 1.165) is 5.56 Å². The van der Waals surface area contributed by atoms with Crippen molar-refractivity contribution in [3.63, 3.8) is 0 Å². The van der Waals surface area contributed by atoms with Crippen molar-refractivity contribution in [2.45, 2.75) is 13.8 Å². The maximum absolute atomic E-state index is 11.6. The Morgan fingerprint density at radius 1 is 1.50 bits per heavy atom. The number of aromatic hydroxyl groups is 1. The number of phenolic OH excluding ortho intramolecular Hbond substituents is 1. The van der Waals surface area contributed by atoms with E-state index in [2.05, 4.69) is 5.32 Å². The van der Waals surface area contributed by atoms with Crippen LogP contribution in [0.25, 0.3) is 0 Å². The van der Waals surface area contributed by atoms with Gasteiger partial charge in [-0.3, -0.25) is 4.79 Å². The van der Waals surface area contributed by atoms with Gasteiger partial charge < -0.3 is 15.2 Å². The summed E-state index contributed by atoms with van der Waals surface area (Å²) >= 11 is 0. The molecule has 0 fully saturated rings. The molecular formula is C12H17NO3. The van der Waals surface area contributed by atoms with Gasteiger partial charge in [-0.1, -0.05) is 6.07 Å². The zero-order valence-corrected chi connectivity index (χ0v) is 9.62. The van der Waals surface area contributed by atoms with Crippen LogP contribution in [0.1, 0.15) is 22.8 Å². The Hall–Kier alpha value is -1.55. The van der Waals surface area contributed by atoms with E-state index in [1.807, 2.05) is 13.8 Å². The molecule has 4 nitrogen and oxygen atoms in total. The summed E-state index contributed by atoms with van der Waals surface area (Å²) < 4.78 is 5.09. The lowest BCUT2D eigenvalue weighted by atomic mass is 10.1. The van der Waals surface area contributed by atoms with Crippen LogP contribution in [-0.2, 0) is 4.74 Å². The summed E-state index contributed by atoms with van der Waals surface area (Å²) in [6.07, 6.45) is 0. The van der Waals surface area contributed by atoms with Gasteiger partial charge in [0.25, 0.3) is 5.91 Å². The fourth-order valence-corrected chi connectivity index (χ4v) is 1.31. The third-order valence-corrected chi connectivity index (χ3v) is 2.13. The average molecular weight is 223 g/mol. The Bertz CT molecular complexity index is 363. The van der Waals surface area contributed by atoms with E-state index in [9.17, 15) is 9.90 Å². The van der Waals surface area contributed by atoms with E-state index in [4.69, 9.17) is 4.74 Å². The van der Waals surface area contributed by atoms with Crippen LogP contribution in [0, 0.1) is 6.92 Å². The van der Waals surface area contributed by atoms with Crippen molar-refractivity contribution in [3.05, 3.63) is 29.3 Å². The monoisotopic (exact) mass is 223 g/mol. The maximum atomic E-state index is 11.6. The second-order valence-corrected chi connectivity index (χ2v) is 3.47. The largest absolute Gasteiger partial charge is 0.507 e. The fraction of sp³-hybridized carbons (Fsp3) is 0.417. The number of hydrogen-bond acceptors (Lipinski definition) is 3. The molecule has 1 aromatic carbocycles. The van der Waals surface area contributed by atoms with E-state index >= 15 is 0 Å². The van der Waals surface area contributed by atoms with Gasteiger partial charge in [-0.05, 0) is 31.5 Å². The molecule has 0 spiro atoms. The molecule has 0 saturated carbocycles. The molecule has 0 bridgehead atoms. The number of carbonyl (C=O) groups excluding carboxylic acids is 1. The number of phenols is 1. The molecule has 0 heterocycles. The van der Waals surface area contributed by atoms with Gasteiger partial charge >= 0.3 is 0 Å². The second kappa shape index (κ2) is 6.12. The molecule has 0 unspecified atom stereocenters. The van der Waals surface area contributed by atoms with Crippen LogP contribution in [0.4, 0.5) is 0 Å². The SMILES string of the molecule is CCOCCNC(=O)c1ccc(C)cc1O. The van der Waals surface area contributed by atoms with E-state index < -0.39 is 0 Å². The highest BCUT2D eigenvalue weighted by Gasteiger charge is 2.09. The molecule has 1 aromatic rings. The molecule has 0 aliphatic heterocycles. The van der Waals surface area contributed by atoms with E-state index in [1.54, 1.807) is 18.2 Å². The first kappa shape index (κ1) is 12.5. The number of carbonyl (C=O) groups is 1. The Kier molecular flexibility index (Phi) is 4.79. The molecule has 0 atom stereocenters. The number of rotatable bonds is 5. The molecule has 0 aliphatic rings. The second-order valence-electron chi connectivity index (χ2n) is 3.47. The summed E-state index contributed by atoms with van der Waals surface area (Å²) in [6.45, 7) is 5.31. The molecule has 0 aromatic heterocycles. The molecule has 16 heavy (non-hydrogen) atoms. The van der Waals surface area contributed by atoms with Gasteiger partial charge in [-0.2, -0.15) is 0 Å².